The van der Waals surface area contributed by atoms with Gasteiger partial charge in [-0.3, -0.25) is 0 Å². The summed E-state index contributed by atoms with van der Waals surface area (Å²) in [6, 6.07) is 0. The highest BCUT2D eigenvalue weighted by molar-refractivity contribution is 7.99. The molecule has 94 valence electrons. The molecule has 17 heavy (non-hydrogen) atoms. The first kappa shape index (κ1) is 12.9. The molecule has 0 radical (unpaired) electrons. The molecule has 5 nitrogen and oxygen atoms in total. The molecular weight excluding hydrogens is 260 g/mol. The van der Waals surface area contributed by atoms with E-state index in [1.54, 1.807) is 0 Å². The lowest BCUT2D eigenvalue weighted by atomic mass is 10.4. The fourth-order valence-corrected chi connectivity index (χ4v) is 2.56. The third-order valence-corrected chi connectivity index (χ3v) is 3.64. The zero-order valence-electron chi connectivity index (χ0n) is 9.64. The summed E-state index contributed by atoms with van der Waals surface area (Å²) in [5, 5.41) is 9.86. The first-order valence-electron chi connectivity index (χ1n) is 5.63. The average Bonchev–Trinajstić information content (AvgIpc) is 2.81. The molecule has 0 amide bonds. The van der Waals surface area contributed by atoms with E-state index < -0.39 is 0 Å². The predicted octanol–water partition coefficient (Wildman–Crippen LogP) is 1.60. The second-order valence-electron chi connectivity index (χ2n) is 3.99. The fourth-order valence-electron chi connectivity index (χ4n) is 1.65. The molecule has 2 heterocycles. The minimum atomic E-state index is 0.0555. The lowest BCUT2D eigenvalue weighted by molar-refractivity contribution is 0.300. The van der Waals surface area contributed by atoms with E-state index in [2.05, 4.69) is 19.9 Å². The fraction of sp³-hybridized carbons (Fsp3) is 0.700. The van der Waals surface area contributed by atoms with Crippen LogP contribution in [0, 0.1) is 0 Å². The van der Waals surface area contributed by atoms with Gasteiger partial charge in [0, 0.05) is 18.3 Å². The van der Waals surface area contributed by atoms with Crippen LogP contribution in [-0.4, -0.2) is 45.0 Å². The molecule has 1 atom stereocenters. The van der Waals surface area contributed by atoms with E-state index in [0.717, 1.165) is 13.1 Å². The summed E-state index contributed by atoms with van der Waals surface area (Å²) >= 11 is 7.30. The number of aromatic nitrogens is 3. The van der Waals surface area contributed by atoms with Gasteiger partial charge in [0.15, 0.2) is 5.16 Å². The number of aliphatic hydroxyl groups is 1. The third kappa shape index (κ3) is 3.43. The largest absolute Gasteiger partial charge is 0.395 e. The molecular formula is C10H15ClN4OS. The highest BCUT2D eigenvalue weighted by atomic mass is 35.5. The number of anilines is 1. The van der Waals surface area contributed by atoms with Gasteiger partial charge in [0.2, 0.25) is 11.2 Å². The molecule has 1 saturated heterocycles. The molecule has 0 bridgehead atoms. The molecule has 1 fully saturated rings. The van der Waals surface area contributed by atoms with Gasteiger partial charge in [-0.15, -0.1) is 0 Å². The minimum absolute atomic E-state index is 0.0555. The Bertz CT molecular complexity index is 387. The monoisotopic (exact) mass is 274 g/mol. The van der Waals surface area contributed by atoms with E-state index >= 15 is 0 Å². The zero-order chi connectivity index (χ0) is 12.3. The lowest BCUT2D eigenvalue weighted by Gasteiger charge is -2.15. The summed E-state index contributed by atoms with van der Waals surface area (Å²) in [6.45, 7) is 3.95. The Hall–Kier alpha value is -0.590. The lowest BCUT2D eigenvalue weighted by Crippen LogP contribution is -2.21. The van der Waals surface area contributed by atoms with Gasteiger partial charge in [0.1, 0.15) is 0 Å². The molecule has 0 aromatic carbocycles. The van der Waals surface area contributed by atoms with E-state index in [0.29, 0.717) is 11.1 Å². The van der Waals surface area contributed by atoms with Crippen molar-refractivity contribution in [2.24, 2.45) is 0 Å². The normalized spacial score (nSPS) is 17.5. The van der Waals surface area contributed by atoms with Gasteiger partial charge < -0.3 is 10.0 Å². The van der Waals surface area contributed by atoms with E-state index in [9.17, 15) is 0 Å². The number of hydrogen-bond acceptors (Lipinski definition) is 6. The molecule has 1 aliphatic heterocycles. The number of halogens is 1. The zero-order valence-corrected chi connectivity index (χ0v) is 11.2. The van der Waals surface area contributed by atoms with E-state index in [1.165, 1.54) is 24.6 Å². The minimum Gasteiger partial charge on any atom is -0.395 e. The van der Waals surface area contributed by atoms with Crippen molar-refractivity contribution in [3.63, 3.8) is 0 Å². The number of rotatable bonds is 4. The average molecular weight is 275 g/mol. The van der Waals surface area contributed by atoms with E-state index in [1.807, 2.05) is 6.92 Å². The molecule has 1 aliphatic rings. The van der Waals surface area contributed by atoms with Crippen molar-refractivity contribution >= 4 is 29.3 Å². The van der Waals surface area contributed by atoms with Crippen LogP contribution >= 0.6 is 23.4 Å². The summed E-state index contributed by atoms with van der Waals surface area (Å²) in [6.07, 6.45) is 2.33. The van der Waals surface area contributed by atoms with Gasteiger partial charge >= 0.3 is 0 Å². The van der Waals surface area contributed by atoms with Crippen molar-refractivity contribution < 1.29 is 5.11 Å². The quantitative estimate of drug-likeness (QED) is 0.842. The van der Waals surface area contributed by atoms with Crippen LogP contribution in [0.4, 0.5) is 5.95 Å². The highest BCUT2D eigenvalue weighted by Crippen LogP contribution is 2.23. The van der Waals surface area contributed by atoms with Gasteiger partial charge in [-0.2, -0.15) is 15.0 Å². The van der Waals surface area contributed by atoms with Gasteiger partial charge in [0.25, 0.3) is 0 Å². The standard InChI is InChI=1S/C10H15ClN4OS/c1-7(6-16)17-10-13-8(11)12-9(14-10)15-4-2-3-5-15/h7,16H,2-6H2,1H3. The molecule has 1 aromatic rings. The first-order chi connectivity index (χ1) is 8.19. The first-order valence-corrected chi connectivity index (χ1v) is 6.89. The van der Waals surface area contributed by atoms with E-state index in [4.69, 9.17) is 16.7 Å². The molecule has 1 unspecified atom stereocenters. The van der Waals surface area contributed by atoms with Crippen LogP contribution in [-0.2, 0) is 0 Å². The van der Waals surface area contributed by atoms with Gasteiger partial charge in [-0.25, -0.2) is 0 Å². The Morgan fingerprint density at radius 2 is 2.06 bits per heavy atom. The third-order valence-electron chi connectivity index (χ3n) is 2.53. The molecule has 7 heteroatoms. The second-order valence-corrected chi connectivity index (χ2v) is 5.74. The maximum absolute atomic E-state index is 9.01. The Balaban J connectivity index is 2.16. The van der Waals surface area contributed by atoms with Crippen molar-refractivity contribution in [3.05, 3.63) is 5.28 Å². The highest BCUT2D eigenvalue weighted by Gasteiger charge is 2.17. The smallest absolute Gasteiger partial charge is 0.230 e. The van der Waals surface area contributed by atoms with Crippen LogP contribution < -0.4 is 4.90 Å². The maximum atomic E-state index is 9.01. The molecule has 0 aliphatic carbocycles. The molecule has 0 saturated carbocycles. The Morgan fingerprint density at radius 1 is 1.35 bits per heavy atom. The van der Waals surface area contributed by atoms with Crippen molar-refractivity contribution in [2.75, 3.05) is 24.6 Å². The van der Waals surface area contributed by atoms with Crippen LogP contribution in [0.5, 0.6) is 0 Å². The van der Waals surface area contributed by atoms with Crippen molar-refractivity contribution in [1.82, 2.24) is 15.0 Å². The summed E-state index contributed by atoms with van der Waals surface area (Å²) < 4.78 is 0. The molecule has 1 aromatic heterocycles. The van der Waals surface area contributed by atoms with Crippen molar-refractivity contribution in [3.8, 4) is 0 Å². The van der Waals surface area contributed by atoms with Crippen LogP contribution in [0.1, 0.15) is 19.8 Å². The Morgan fingerprint density at radius 3 is 2.71 bits per heavy atom. The molecule has 1 N–H and O–H groups in total. The van der Waals surface area contributed by atoms with Crippen molar-refractivity contribution in [2.45, 2.75) is 30.2 Å². The Labute approximate surface area is 110 Å². The summed E-state index contributed by atoms with van der Waals surface area (Å²) in [7, 11) is 0. The second kappa shape index (κ2) is 5.84. The Kier molecular flexibility index (Phi) is 4.42. The predicted molar refractivity (Wildman–Crippen MR) is 68.7 cm³/mol. The van der Waals surface area contributed by atoms with Crippen LogP contribution in [0.2, 0.25) is 5.28 Å². The molecule has 2 rings (SSSR count). The summed E-state index contributed by atoms with van der Waals surface area (Å²) in [5.41, 5.74) is 0. The van der Waals surface area contributed by atoms with E-state index in [-0.39, 0.29) is 17.1 Å². The van der Waals surface area contributed by atoms with Crippen LogP contribution in [0.25, 0.3) is 0 Å². The number of nitrogens with zero attached hydrogens (tertiary/aromatic N) is 4. The van der Waals surface area contributed by atoms with Crippen LogP contribution in [0.15, 0.2) is 5.16 Å². The number of thioether (sulfide) groups is 1. The van der Waals surface area contributed by atoms with Crippen molar-refractivity contribution in [1.29, 1.82) is 0 Å². The number of aliphatic hydroxyl groups excluding tert-OH is 1. The molecule has 0 spiro atoms. The van der Waals surface area contributed by atoms with Crippen LogP contribution in [0.3, 0.4) is 0 Å². The van der Waals surface area contributed by atoms with Gasteiger partial charge in [-0.05, 0) is 24.4 Å². The SMILES string of the molecule is CC(CO)Sc1nc(Cl)nc(N2CCCC2)n1. The number of hydrogen-bond donors (Lipinski definition) is 1. The topological polar surface area (TPSA) is 62.1 Å². The van der Waals surface area contributed by atoms with Gasteiger partial charge in [-0.1, -0.05) is 18.7 Å². The maximum Gasteiger partial charge on any atom is 0.230 e. The summed E-state index contributed by atoms with van der Waals surface area (Å²) in [4.78, 5) is 14.7. The van der Waals surface area contributed by atoms with Gasteiger partial charge in [0.05, 0.1) is 6.61 Å². The summed E-state index contributed by atoms with van der Waals surface area (Å²) in [5.74, 6) is 0.648.